The van der Waals surface area contributed by atoms with Gasteiger partial charge in [0.15, 0.2) is 0 Å². The second-order valence-corrected chi connectivity index (χ2v) is 4.28. The molecule has 0 aliphatic heterocycles. The van der Waals surface area contributed by atoms with Crippen molar-refractivity contribution in [2.45, 2.75) is 40.2 Å². The Hall–Kier alpha value is -1.58. The first kappa shape index (κ1) is 13.5. The maximum absolute atomic E-state index is 7.69. The smallest absolute Gasteiger partial charge is 0.140 e. The summed E-state index contributed by atoms with van der Waals surface area (Å²) in [6.07, 6.45) is 2.82. The van der Waals surface area contributed by atoms with Crippen LogP contribution in [0.4, 0.5) is 5.82 Å². The first-order valence-electron chi connectivity index (χ1n) is 6.09. The molecule has 0 saturated carbocycles. The van der Waals surface area contributed by atoms with Crippen molar-refractivity contribution < 1.29 is 0 Å². The lowest BCUT2D eigenvalue weighted by Gasteiger charge is -2.30. The van der Waals surface area contributed by atoms with Gasteiger partial charge in [0.1, 0.15) is 11.7 Å². The molecule has 0 saturated heterocycles. The quantitative estimate of drug-likeness (QED) is 0.607. The molecule has 17 heavy (non-hydrogen) atoms. The van der Waals surface area contributed by atoms with Crippen molar-refractivity contribution in [3.8, 4) is 0 Å². The van der Waals surface area contributed by atoms with E-state index >= 15 is 0 Å². The molecule has 0 bridgehead atoms. The fourth-order valence-electron chi connectivity index (χ4n) is 1.99. The van der Waals surface area contributed by atoms with Crippen LogP contribution in [0, 0.1) is 12.3 Å². The van der Waals surface area contributed by atoms with E-state index in [-0.39, 0.29) is 5.84 Å². The molecule has 0 radical (unpaired) electrons. The summed E-state index contributed by atoms with van der Waals surface area (Å²) in [6.45, 7) is 9.24. The molecule has 0 aromatic carbocycles. The number of anilines is 1. The lowest BCUT2D eigenvalue weighted by Crippen LogP contribution is -2.35. The number of hydrogen-bond acceptors (Lipinski definition) is 3. The predicted molar refractivity (Wildman–Crippen MR) is 72.8 cm³/mol. The van der Waals surface area contributed by atoms with E-state index in [9.17, 15) is 0 Å². The van der Waals surface area contributed by atoms with Gasteiger partial charge in [-0.05, 0) is 38.8 Å². The minimum Gasteiger partial charge on any atom is -0.384 e. The van der Waals surface area contributed by atoms with Gasteiger partial charge in [-0.25, -0.2) is 4.98 Å². The zero-order chi connectivity index (χ0) is 13.0. The molecule has 4 heteroatoms. The molecule has 0 aliphatic carbocycles. The van der Waals surface area contributed by atoms with Crippen LogP contribution in [0.15, 0.2) is 12.3 Å². The van der Waals surface area contributed by atoms with Gasteiger partial charge in [-0.2, -0.15) is 0 Å². The summed E-state index contributed by atoms with van der Waals surface area (Å²) in [5, 5.41) is 7.69. The highest BCUT2D eigenvalue weighted by Crippen LogP contribution is 2.23. The molecule has 3 N–H and O–H groups in total. The molecule has 1 aromatic heterocycles. The van der Waals surface area contributed by atoms with Crippen molar-refractivity contribution in [2.24, 2.45) is 5.73 Å². The van der Waals surface area contributed by atoms with Crippen LogP contribution in [-0.4, -0.2) is 23.4 Å². The number of rotatable bonds is 5. The van der Waals surface area contributed by atoms with Gasteiger partial charge in [0, 0.05) is 18.8 Å². The Morgan fingerprint density at radius 1 is 1.53 bits per heavy atom. The Balaban J connectivity index is 3.28. The normalized spacial score (nSPS) is 12.2. The van der Waals surface area contributed by atoms with Crippen molar-refractivity contribution in [2.75, 3.05) is 11.4 Å². The highest BCUT2D eigenvalue weighted by atomic mass is 15.2. The molecule has 4 nitrogen and oxygen atoms in total. The van der Waals surface area contributed by atoms with Crippen LogP contribution in [0.2, 0.25) is 0 Å². The van der Waals surface area contributed by atoms with Gasteiger partial charge in [0.05, 0.1) is 5.56 Å². The Morgan fingerprint density at radius 3 is 2.65 bits per heavy atom. The zero-order valence-electron chi connectivity index (χ0n) is 11.1. The van der Waals surface area contributed by atoms with Crippen molar-refractivity contribution in [3.05, 3.63) is 23.4 Å². The van der Waals surface area contributed by atoms with Crippen molar-refractivity contribution in [1.29, 1.82) is 5.41 Å². The van der Waals surface area contributed by atoms with E-state index in [4.69, 9.17) is 11.1 Å². The number of amidine groups is 1. The Morgan fingerprint density at radius 2 is 2.18 bits per heavy atom. The van der Waals surface area contributed by atoms with E-state index < -0.39 is 0 Å². The summed E-state index contributed by atoms with van der Waals surface area (Å²) in [4.78, 5) is 6.60. The second kappa shape index (κ2) is 5.66. The topological polar surface area (TPSA) is 66.0 Å². The van der Waals surface area contributed by atoms with Crippen LogP contribution < -0.4 is 10.6 Å². The molecular formula is C13H22N4. The lowest BCUT2D eigenvalue weighted by atomic mass is 10.1. The minimum absolute atomic E-state index is 0.0901. The molecule has 1 aromatic rings. The van der Waals surface area contributed by atoms with Crippen LogP contribution in [-0.2, 0) is 0 Å². The molecule has 1 heterocycles. The summed E-state index contributed by atoms with van der Waals surface area (Å²) in [7, 11) is 0. The number of nitrogens with one attached hydrogen (secondary N) is 1. The van der Waals surface area contributed by atoms with Gasteiger partial charge < -0.3 is 10.6 Å². The molecule has 0 aliphatic rings. The molecule has 94 valence electrons. The first-order valence-corrected chi connectivity index (χ1v) is 6.09. The largest absolute Gasteiger partial charge is 0.384 e. The van der Waals surface area contributed by atoms with Crippen LogP contribution >= 0.6 is 0 Å². The third-order valence-corrected chi connectivity index (χ3v) is 3.14. The summed E-state index contributed by atoms with van der Waals surface area (Å²) in [6, 6.07) is 2.29. The van der Waals surface area contributed by atoms with Gasteiger partial charge in [-0.1, -0.05) is 6.92 Å². The van der Waals surface area contributed by atoms with E-state index in [1.807, 2.05) is 13.0 Å². The van der Waals surface area contributed by atoms with Crippen LogP contribution in [0.3, 0.4) is 0 Å². The predicted octanol–water partition coefficient (Wildman–Crippen LogP) is 2.30. The highest BCUT2D eigenvalue weighted by Gasteiger charge is 2.18. The highest BCUT2D eigenvalue weighted by molar-refractivity contribution is 6.01. The average Bonchev–Trinajstić information content (AvgIpc) is 2.29. The number of nitrogens with zero attached hydrogens (tertiary/aromatic N) is 2. The molecule has 0 spiro atoms. The van der Waals surface area contributed by atoms with Crippen LogP contribution in [0.5, 0.6) is 0 Å². The van der Waals surface area contributed by atoms with Crippen molar-refractivity contribution in [1.82, 2.24) is 4.98 Å². The van der Waals surface area contributed by atoms with Gasteiger partial charge in [0.25, 0.3) is 0 Å². The maximum atomic E-state index is 7.69. The number of aryl methyl sites for hydroxylation is 1. The summed E-state index contributed by atoms with van der Waals surface area (Å²) in [5.41, 5.74) is 7.43. The van der Waals surface area contributed by atoms with E-state index in [0.717, 1.165) is 29.9 Å². The van der Waals surface area contributed by atoms with Gasteiger partial charge in [0.2, 0.25) is 0 Å². The van der Waals surface area contributed by atoms with Gasteiger partial charge in [-0.3, -0.25) is 5.41 Å². The van der Waals surface area contributed by atoms with Gasteiger partial charge in [-0.15, -0.1) is 0 Å². The first-order chi connectivity index (χ1) is 8.02. The van der Waals surface area contributed by atoms with Crippen LogP contribution in [0.25, 0.3) is 0 Å². The maximum Gasteiger partial charge on any atom is 0.140 e. The third kappa shape index (κ3) is 2.75. The van der Waals surface area contributed by atoms with Crippen molar-refractivity contribution >= 4 is 11.7 Å². The molecule has 0 fully saturated rings. The fraction of sp³-hybridized carbons (Fsp3) is 0.538. The van der Waals surface area contributed by atoms with E-state index in [2.05, 4.69) is 30.7 Å². The minimum atomic E-state index is 0.0901. The molecule has 1 atom stereocenters. The number of nitrogens with two attached hydrogens (primary N) is 1. The number of nitrogen functional groups attached to an aromatic ring is 1. The fourth-order valence-corrected chi connectivity index (χ4v) is 1.99. The molecular weight excluding hydrogens is 212 g/mol. The van der Waals surface area contributed by atoms with Gasteiger partial charge >= 0.3 is 0 Å². The SMILES string of the molecule is CCC(C)N(CC)c1nccc(C)c1C(=N)N. The number of pyridine rings is 1. The lowest BCUT2D eigenvalue weighted by molar-refractivity contribution is 0.622. The average molecular weight is 234 g/mol. The Kier molecular flexibility index (Phi) is 4.49. The standard InChI is InChI=1S/C13H22N4/c1-5-10(4)17(6-2)13-11(12(14)15)9(3)7-8-16-13/h7-8,10H,5-6H2,1-4H3,(H3,14,15). The molecule has 1 rings (SSSR count). The number of hydrogen-bond donors (Lipinski definition) is 2. The summed E-state index contributed by atoms with van der Waals surface area (Å²) < 4.78 is 0. The van der Waals surface area contributed by atoms with E-state index in [1.165, 1.54) is 0 Å². The van der Waals surface area contributed by atoms with Crippen molar-refractivity contribution in [3.63, 3.8) is 0 Å². The summed E-state index contributed by atoms with van der Waals surface area (Å²) in [5.74, 6) is 0.918. The molecule has 1 unspecified atom stereocenters. The monoisotopic (exact) mass is 234 g/mol. The van der Waals surface area contributed by atoms with Crippen LogP contribution in [0.1, 0.15) is 38.3 Å². The number of aromatic nitrogens is 1. The van der Waals surface area contributed by atoms with E-state index in [1.54, 1.807) is 6.20 Å². The third-order valence-electron chi connectivity index (χ3n) is 3.14. The van der Waals surface area contributed by atoms with E-state index in [0.29, 0.717) is 6.04 Å². The molecule has 0 amide bonds. The second-order valence-electron chi connectivity index (χ2n) is 4.28. The Labute approximate surface area is 103 Å². The Bertz CT molecular complexity index is 400. The summed E-state index contributed by atoms with van der Waals surface area (Å²) >= 11 is 0. The zero-order valence-corrected chi connectivity index (χ0v) is 11.1.